The molecule has 2 rings (SSSR count). The summed E-state index contributed by atoms with van der Waals surface area (Å²) in [6.07, 6.45) is 3.82. The Morgan fingerprint density at radius 3 is 2.81 bits per heavy atom. The zero-order valence-electron chi connectivity index (χ0n) is 9.54. The van der Waals surface area contributed by atoms with E-state index in [9.17, 15) is 0 Å². The highest BCUT2D eigenvalue weighted by molar-refractivity contribution is 6.29. The van der Waals surface area contributed by atoms with Crippen molar-refractivity contribution >= 4 is 11.6 Å². The number of ether oxygens (including phenoxy) is 1. The molecule has 2 heterocycles. The summed E-state index contributed by atoms with van der Waals surface area (Å²) >= 11 is 6.05. The van der Waals surface area contributed by atoms with Gasteiger partial charge in [-0.05, 0) is 43.0 Å². The predicted octanol–water partition coefficient (Wildman–Crippen LogP) is 3.01. The lowest BCUT2D eigenvalue weighted by Crippen LogP contribution is -2.32. The Bertz CT molecular complexity index is 321. The second-order valence-corrected chi connectivity index (χ2v) is 4.48. The van der Waals surface area contributed by atoms with Crippen LogP contribution in [0.15, 0.2) is 16.7 Å². The van der Waals surface area contributed by atoms with Crippen LogP contribution in [0.1, 0.15) is 31.4 Å². The number of nitrogens with one attached hydrogen (secondary N) is 1. The average molecular weight is 244 g/mol. The predicted molar refractivity (Wildman–Crippen MR) is 63.7 cm³/mol. The third-order valence-corrected chi connectivity index (χ3v) is 3.45. The van der Waals surface area contributed by atoms with Crippen LogP contribution in [0.25, 0.3) is 0 Å². The molecule has 0 bridgehead atoms. The molecule has 0 spiro atoms. The van der Waals surface area contributed by atoms with Crippen LogP contribution in [0.2, 0.25) is 5.22 Å². The molecule has 0 amide bonds. The van der Waals surface area contributed by atoms with Crippen molar-refractivity contribution < 1.29 is 9.15 Å². The lowest BCUT2D eigenvalue weighted by atomic mass is 9.88. The van der Waals surface area contributed by atoms with Crippen molar-refractivity contribution in [1.29, 1.82) is 0 Å². The Morgan fingerprint density at radius 2 is 2.25 bits per heavy atom. The molecule has 1 unspecified atom stereocenters. The fourth-order valence-corrected chi connectivity index (χ4v) is 2.56. The van der Waals surface area contributed by atoms with E-state index in [1.54, 1.807) is 6.26 Å². The van der Waals surface area contributed by atoms with Crippen molar-refractivity contribution in [1.82, 2.24) is 5.32 Å². The molecule has 1 aliphatic rings. The number of hydrogen-bond acceptors (Lipinski definition) is 3. The van der Waals surface area contributed by atoms with Crippen LogP contribution in [0, 0.1) is 5.92 Å². The van der Waals surface area contributed by atoms with Gasteiger partial charge in [-0.15, -0.1) is 0 Å². The third kappa shape index (κ3) is 2.59. The summed E-state index contributed by atoms with van der Waals surface area (Å²) in [4.78, 5) is 0. The maximum Gasteiger partial charge on any atom is 0.197 e. The van der Waals surface area contributed by atoms with Gasteiger partial charge < -0.3 is 14.5 Å². The van der Waals surface area contributed by atoms with Crippen molar-refractivity contribution in [2.45, 2.75) is 25.8 Å². The number of halogens is 1. The van der Waals surface area contributed by atoms with Crippen LogP contribution in [0.4, 0.5) is 0 Å². The first-order valence-electron chi connectivity index (χ1n) is 5.87. The van der Waals surface area contributed by atoms with E-state index in [1.165, 1.54) is 0 Å². The molecule has 1 aromatic heterocycles. The fourth-order valence-electron chi connectivity index (χ4n) is 2.33. The van der Waals surface area contributed by atoms with Crippen molar-refractivity contribution in [2.75, 3.05) is 19.8 Å². The van der Waals surface area contributed by atoms with Gasteiger partial charge in [0, 0.05) is 24.8 Å². The molecule has 4 heteroatoms. The number of rotatable bonds is 4. The van der Waals surface area contributed by atoms with Gasteiger partial charge in [0.15, 0.2) is 5.22 Å². The quantitative estimate of drug-likeness (QED) is 0.883. The molecule has 0 saturated carbocycles. The normalized spacial score (nSPS) is 19.9. The van der Waals surface area contributed by atoms with E-state index >= 15 is 0 Å². The lowest BCUT2D eigenvalue weighted by molar-refractivity contribution is 0.0537. The van der Waals surface area contributed by atoms with Crippen molar-refractivity contribution in [3.05, 3.63) is 23.1 Å². The number of hydrogen-bond donors (Lipinski definition) is 1. The smallest absolute Gasteiger partial charge is 0.197 e. The Hall–Kier alpha value is -0.510. The lowest BCUT2D eigenvalue weighted by Gasteiger charge is -2.30. The second kappa shape index (κ2) is 5.71. The first kappa shape index (κ1) is 12.0. The highest BCUT2D eigenvalue weighted by Gasteiger charge is 2.27. The van der Waals surface area contributed by atoms with Gasteiger partial charge in [0.2, 0.25) is 0 Å². The SMILES string of the molecule is CCNC(c1ccoc1Cl)C1CCOCC1. The molecule has 0 aromatic carbocycles. The largest absolute Gasteiger partial charge is 0.453 e. The zero-order chi connectivity index (χ0) is 11.4. The molecule has 1 N–H and O–H groups in total. The van der Waals surface area contributed by atoms with Gasteiger partial charge in [0.25, 0.3) is 0 Å². The van der Waals surface area contributed by atoms with Gasteiger partial charge in [0.05, 0.1) is 6.26 Å². The molecule has 1 aromatic rings. The molecule has 16 heavy (non-hydrogen) atoms. The van der Waals surface area contributed by atoms with Crippen LogP contribution in [-0.2, 0) is 4.74 Å². The van der Waals surface area contributed by atoms with Crippen LogP contribution >= 0.6 is 11.6 Å². The van der Waals surface area contributed by atoms with Crippen molar-refractivity contribution in [2.24, 2.45) is 5.92 Å². The van der Waals surface area contributed by atoms with Gasteiger partial charge in [-0.2, -0.15) is 0 Å². The minimum absolute atomic E-state index is 0.292. The average Bonchev–Trinajstić information content (AvgIpc) is 2.73. The zero-order valence-corrected chi connectivity index (χ0v) is 10.3. The van der Waals surface area contributed by atoms with Crippen LogP contribution in [0.3, 0.4) is 0 Å². The molecule has 1 atom stereocenters. The summed E-state index contributed by atoms with van der Waals surface area (Å²) in [6.45, 7) is 4.74. The minimum Gasteiger partial charge on any atom is -0.453 e. The molecule has 1 aliphatic heterocycles. The van der Waals surface area contributed by atoms with E-state index in [2.05, 4.69) is 12.2 Å². The standard InChI is InChI=1S/C12H18ClNO2/c1-2-14-11(9-3-6-15-7-4-9)10-5-8-16-12(10)13/h5,8-9,11,14H,2-4,6-7H2,1H3. The van der Waals surface area contributed by atoms with Crippen molar-refractivity contribution in [3.63, 3.8) is 0 Å². The van der Waals surface area contributed by atoms with Crippen LogP contribution in [-0.4, -0.2) is 19.8 Å². The number of furan rings is 1. The van der Waals surface area contributed by atoms with E-state index in [4.69, 9.17) is 20.8 Å². The fraction of sp³-hybridized carbons (Fsp3) is 0.667. The van der Waals surface area contributed by atoms with Gasteiger partial charge in [-0.25, -0.2) is 0 Å². The Labute approximate surface area is 101 Å². The molecule has 90 valence electrons. The van der Waals surface area contributed by atoms with Gasteiger partial charge in [0.1, 0.15) is 0 Å². The first-order chi connectivity index (χ1) is 7.83. The third-order valence-electron chi connectivity index (χ3n) is 3.14. The molecule has 1 fully saturated rings. The monoisotopic (exact) mass is 243 g/mol. The highest BCUT2D eigenvalue weighted by Crippen LogP contribution is 2.34. The van der Waals surface area contributed by atoms with E-state index in [0.717, 1.165) is 38.2 Å². The van der Waals surface area contributed by atoms with E-state index in [-0.39, 0.29) is 0 Å². The summed E-state index contributed by atoms with van der Waals surface area (Å²) in [6, 6.07) is 2.26. The van der Waals surface area contributed by atoms with Crippen LogP contribution in [0.5, 0.6) is 0 Å². The summed E-state index contributed by atoms with van der Waals surface area (Å²) < 4.78 is 10.6. The minimum atomic E-state index is 0.292. The van der Waals surface area contributed by atoms with Gasteiger partial charge >= 0.3 is 0 Å². The van der Waals surface area contributed by atoms with E-state index < -0.39 is 0 Å². The summed E-state index contributed by atoms with van der Waals surface area (Å²) in [7, 11) is 0. The highest BCUT2D eigenvalue weighted by atomic mass is 35.5. The van der Waals surface area contributed by atoms with Crippen molar-refractivity contribution in [3.8, 4) is 0 Å². The maximum absolute atomic E-state index is 6.05. The Kier molecular flexibility index (Phi) is 4.27. The van der Waals surface area contributed by atoms with Crippen LogP contribution < -0.4 is 5.32 Å². The maximum atomic E-state index is 6.05. The molecule has 0 aliphatic carbocycles. The summed E-state index contributed by atoms with van der Waals surface area (Å²) in [5.41, 5.74) is 1.08. The van der Waals surface area contributed by atoms with Gasteiger partial charge in [-0.1, -0.05) is 6.92 Å². The molecule has 1 saturated heterocycles. The Balaban J connectivity index is 2.12. The first-order valence-corrected chi connectivity index (χ1v) is 6.24. The molecular weight excluding hydrogens is 226 g/mol. The molecule has 3 nitrogen and oxygen atoms in total. The Morgan fingerprint density at radius 1 is 1.50 bits per heavy atom. The molecule has 0 radical (unpaired) electrons. The summed E-state index contributed by atoms with van der Waals surface area (Å²) in [5, 5.41) is 4.01. The molecular formula is C12H18ClNO2. The van der Waals surface area contributed by atoms with Gasteiger partial charge in [-0.3, -0.25) is 0 Å². The second-order valence-electron chi connectivity index (χ2n) is 4.13. The van der Waals surface area contributed by atoms with E-state index in [1.807, 2.05) is 6.07 Å². The van der Waals surface area contributed by atoms with E-state index in [0.29, 0.717) is 17.2 Å². The topological polar surface area (TPSA) is 34.4 Å². The summed E-state index contributed by atoms with van der Waals surface area (Å²) in [5.74, 6) is 0.587.